The Bertz CT molecular complexity index is 1380. The first-order valence-electron chi connectivity index (χ1n) is 11.1. The molecule has 33 heavy (non-hydrogen) atoms. The van der Waals surface area contributed by atoms with Gasteiger partial charge >= 0.3 is 0 Å². The van der Waals surface area contributed by atoms with Gasteiger partial charge in [-0.1, -0.05) is 72.8 Å². The van der Waals surface area contributed by atoms with E-state index < -0.39 is 18.1 Å². The topological polar surface area (TPSA) is 49.9 Å². The second kappa shape index (κ2) is 7.57. The van der Waals surface area contributed by atoms with E-state index >= 15 is 0 Å². The molecule has 3 atom stereocenters. The number of hydroxylamine groups is 1. The second-order valence-electron chi connectivity index (χ2n) is 8.58. The molecule has 0 spiro atoms. The first-order valence-corrected chi connectivity index (χ1v) is 11.1. The van der Waals surface area contributed by atoms with Gasteiger partial charge < -0.3 is 0 Å². The number of hydrogen-bond acceptors (Lipinski definition) is 4. The molecule has 0 bridgehead atoms. The van der Waals surface area contributed by atoms with Gasteiger partial charge in [-0.25, -0.2) is 9.96 Å². The van der Waals surface area contributed by atoms with Crippen LogP contribution in [0.15, 0.2) is 97.1 Å². The molecule has 2 heterocycles. The quantitative estimate of drug-likeness (QED) is 0.416. The largest absolute Gasteiger partial charge is 0.273 e. The van der Waals surface area contributed by atoms with Crippen molar-refractivity contribution in [1.29, 1.82) is 0 Å². The monoisotopic (exact) mass is 434 g/mol. The molecule has 0 aromatic heterocycles. The second-order valence-corrected chi connectivity index (χ2v) is 8.58. The molecule has 6 rings (SSSR count). The summed E-state index contributed by atoms with van der Waals surface area (Å²) in [6.45, 7) is 1.95. The van der Waals surface area contributed by atoms with Crippen LogP contribution in [0, 0.1) is 12.8 Å². The number of rotatable bonds is 3. The Labute approximate surface area is 191 Å². The smallest absolute Gasteiger partial charge is 0.266 e. The molecular formula is C28H22N2O3. The lowest BCUT2D eigenvalue weighted by molar-refractivity contribution is -0.126. The molecule has 162 valence electrons. The number of benzene rings is 4. The minimum absolute atomic E-state index is 0.230. The molecule has 0 saturated carbocycles. The third kappa shape index (κ3) is 3.04. The lowest BCUT2D eigenvalue weighted by atomic mass is 9.87. The van der Waals surface area contributed by atoms with E-state index in [0.717, 1.165) is 27.6 Å². The van der Waals surface area contributed by atoms with Gasteiger partial charge in [0.15, 0.2) is 6.10 Å². The summed E-state index contributed by atoms with van der Waals surface area (Å²) in [5, 5.41) is 3.88. The third-order valence-corrected chi connectivity index (χ3v) is 6.53. The zero-order valence-electron chi connectivity index (χ0n) is 18.1. The zero-order valence-corrected chi connectivity index (χ0v) is 18.1. The molecule has 0 radical (unpaired) electrons. The third-order valence-electron chi connectivity index (χ3n) is 6.53. The highest BCUT2D eigenvalue weighted by Crippen LogP contribution is 2.48. The average Bonchev–Trinajstić information content (AvgIpc) is 3.35. The van der Waals surface area contributed by atoms with Crippen LogP contribution in [0.5, 0.6) is 0 Å². The van der Waals surface area contributed by atoms with Gasteiger partial charge in [-0.3, -0.25) is 14.4 Å². The van der Waals surface area contributed by atoms with Crippen molar-refractivity contribution in [1.82, 2.24) is 0 Å². The average molecular weight is 434 g/mol. The van der Waals surface area contributed by atoms with Gasteiger partial charge in [-0.2, -0.15) is 0 Å². The molecular weight excluding hydrogens is 412 g/mol. The number of anilines is 2. The van der Waals surface area contributed by atoms with Crippen LogP contribution in [0.4, 0.5) is 11.4 Å². The molecule has 2 aliphatic rings. The number of fused-ring (bicyclic) bond motifs is 2. The van der Waals surface area contributed by atoms with E-state index in [1.807, 2.05) is 79.7 Å². The van der Waals surface area contributed by atoms with Crippen molar-refractivity contribution in [3.8, 4) is 0 Å². The Kier molecular flexibility index (Phi) is 4.52. The highest BCUT2D eigenvalue weighted by atomic mass is 16.7. The molecule has 2 aliphatic heterocycles. The number of carbonyl (C=O) groups excluding carboxylic acids is 2. The Morgan fingerprint density at radius 1 is 0.727 bits per heavy atom. The van der Waals surface area contributed by atoms with Crippen LogP contribution < -0.4 is 9.96 Å². The molecule has 5 heteroatoms. The van der Waals surface area contributed by atoms with Crippen LogP contribution in [0.2, 0.25) is 0 Å². The van der Waals surface area contributed by atoms with E-state index in [9.17, 15) is 9.59 Å². The van der Waals surface area contributed by atoms with Crippen molar-refractivity contribution in [3.05, 3.63) is 108 Å². The summed E-state index contributed by atoms with van der Waals surface area (Å²) in [7, 11) is 0. The molecule has 0 N–H and O–H groups in total. The number of nitrogens with zero attached hydrogens (tertiary/aromatic N) is 2. The van der Waals surface area contributed by atoms with Gasteiger partial charge in [0.25, 0.3) is 5.91 Å². The first-order chi connectivity index (χ1) is 16.1. The van der Waals surface area contributed by atoms with Crippen LogP contribution >= 0.6 is 0 Å². The Balaban J connectivity index is 1.51. The van der Waals surface area contributed by atoms with E-state index in [-0.39, 0.29) is 11.8 Å². The Morgan fingerprint density at radius 3 is 2.24 bits per heavy atom. The summed E-state index contributed by atoms with van der Waals surface area (Å²) < 4.78 is 0. The van der Waals surface area contributed by atoms with E-state index in [1.54, 1.807) is 11.1 Å². The Hall–Kier alpha value is -3.96. The standard InChI is InChI=1S/C28H22N2O3/c1-18-9-7-14-21(17-18)29-27(31)24-25(23-16-8-11-19-10-5-6-15-22(19)23)30(33-26(24)28(29)32)20-12-3-2-4-13-20/h2-17,24-26H,1H3/t24-,25-,26+/m0/s1. The van der Waals surface area contributed by atoms with Gasteiger partial charge in [0.2, 0.25) is 5.91 Å². The maximum Gasteiger partial charge on any atom is 0.266 e. The normalized spacial score (nSPS) is 22.3. The summed E-state index contributed by atoms with van der Waals surface area (Å²) in [5.41, 5.74) is 3.36. The SMILES string of the molecule is Cc1cccc(N2C(=O)[C@@H]3[C@@H](ON(c4ccccc4)[C@H]3c3cccc4ccccc34)C2=O)c1. The predicted octanol–water partition coefficient (Wildman–Crippen LogP) is 5.20. The lowest BCUT2D eigenvalue weighted by Crippen LogP contribution is -2.37. The van der Waals surface area contributed by atoms with Crippen LogP contribution in [0.25, 0.3) is 10.8 Å². The molecule has 4 aromatic rings. The number of para-hydroxylation sites is 1. The number of carbonyl (C=O) groups is 2. The zero-order chi connectivity index (χ0) is 22.5. The Morgan fingerprint density at radius 2 is 1.42 bits per heavy atom. The van der Waals surface area contributed by atoms with E-state index in [2.05, 4.69) is 18.2 Å². The summed E-state index contributed by atoms with van der Waals surface area (Å²) in [6, 6.07) is 30.9. The fraction of sp³-hybridized carbons (Fsp3) is 0.143. The lowest BCUT2D eigenvalue weighted by Gasteiger charge is -2.29. The van der Waals surface area contributed by atoms with Crippen LogP contribution in [-0.2, 0) is 14.4 Å². The summed E-state index contributed by atoms with van der Waals surface area (Å²) in [6.07, 6.45) is -0.873. The molecule has 5 nitrogen and oxygen atoms in total. The number of imide groups is 1. The fourth-order valence-corrected chi connectivity index (χ4v) is 5.06. The first kappa shape index (κ1) is 19.7. The molecule has 2 amide bonds. The minimum Gasteiger partial charge on any atom is -0.273 e. The van der Waals surface area contributed by atoms with Crippen molar-refractivity contribution >= 4 is 34.0 Å². The fourth-order valence-electron chi connectivity index (χ4n) is 5.06. The maximum atomic E-state index is 13.8. The maximum absolute atomic E-state index is 13.8. The summed E-state index contributed by atoms with van der Waals surface area (Å²) in [5.74, 6) is -1.20. The number of aryl methyl sites for hydroxylation is 1. The number of amides is 2. The van der Waals surface area contributed by atoms with Gasteiger partial charge in [0.1, 0.15) is 5.92 Å². The molecule has 2 fully saturated rings. The van der Waals surface area contributed by atoms with E-state index in [0.29, 0.717) is 5.69 Å². The highest BCUT2D eigenvalue weighted by molar-refractivity contribution is 6.24. The van der Waals surface area contributed by atoms with Gasteiger partial charge in [-0.15, -0.1) is 0 Å². The van der Waals surface area contributed by atoms with E-state index in [1.165, 1.54) is 4.90 Å². The molecule has 2 saturated heterocycles. The van der Waals surface area contributed by atoms with Crippen molar-refractivity contribution in [2.45, 2.75) is 19.1 Å². The number of hydrogen-bond donors (Lipinski definition) is 0. The van der Waals surface area contributed by atoms with Crippen LogP contribution in [0.3, 0.4) is 0 Å². The van der Waals surface area contributed by atoms with Crippen molar-refractivity contribution < 1.29 is 14.4 Å². The van der Waals surface area contributed by atoms with E-state index in [4.69, 9.17) is 4.84 Å². The van der Waals surface area contributed by atoms with Gasteiger partial charge in [0, 0.05) is 0 Å². The van der Waals surface area contributed by atoms with Crippen molar-refractivity contribution in [3.63, 3.8) is 0 Å². The van der Waals surface area contributed by atoms with Crippen LogP contribution in [0.1, 0.15) is 17.2 Å². The van der Waals surface area contributed by atoms with Crippen molar-refractivity contribution in [2.24, 2.45) is 5.92 Å². The predicted molar refractivity (Wildman–Crippen MR) is 128 cm³/mol. The molecule has 0 unspecified atom stereocenters. The van der Waals surface area contributed by atoms with Gasteiger partial charge in [-0.05, 0) is 53.1 Å². The molecule has 4 aromatic carbocycles. The molecule has 0 aliphatic carbocycles. The van der Waals surface area contributed by atoms with Crippen molar-refractivity contribution in [2.75, 3.05) is 9.96 Å². The summed E-state index contributed by atoms with van der Waals surface area (Å²) >= 11 is 0. The highest BCUT2D eigenvalue weighted by Gasteiger charge is 2.60. The van der Waals surface area contributed by atoms with Gasteiger partial charge in [0.05, 0.1) is 17.4 Å². The minimum atomic E-state index is -0.873. The van der Waals surface area contributed by atoms with Crippen LogP contribution in [-0.4, -0.2) is 17.9 Å². The summed E-state index contributed by atoms with van der Waals surface area (Å²) in [4.78, 5) is 34.9.